The number of fused-ring (bicyclic) bond motifs is 1. The molecule has 0 fully saturated rings. The van der Waals surface area contributed by atoms with E-state index in [1.165, 1.54) is 5.56 Å². The van der Waals surface area contributed by atoms with Gasteiger partial charge in [0.15, 0.2) is 0 Å². The summed E-state index contributed by atoms with van der Waals surface area (Å²) in [6.45, 7) is 7.87. The van der Waals surface area contributed by atoms with Crippen LogP contribution in [0.15, 0.2) is 71.8 Å². The summed E-state index contributed by atoms with van der Waals surface area (Å²) in [5.74, 6) is 0.789. The molecule has 0 saturated carbocycles. The molecule has 132 valence electrons. The van der Waals surface area contributed by atoms with Crippen molar-refractivity contribution in [1.82, 2.24) is 0 Å². The van der Waals surface area contributed by atoms with Crippen LogP contribution in [0.5, 0.6) is 0 Å². The highest BCUT2D eigenvalue weighted by atomic mass is 16.2. The Bertz CT molecular complexity index is 907. The van der Waals surface area contributed by atoms with Gasteiger partial charge in [-0.25, -0.2) is 4.99 Å². The summed E-state index contributed by atoms with van der Waals surface area (Å²) in [6.07, 6.45) is 2.01. The Hall–Kier alpha value is -3.14. The van der Waals surface area contributed by atoms with Crippen LogP contribution in [-0.2, 0) is 4.79 Å². The van der Waals surface area contributed by atoms with Crippen LogP contribution in [-0.4, -0.2) is 18.8 Å². The Kier molecular flexibility index (Phi) is 5.03. The molecular weight excluding hydrogens is 322 g/mol. The summed E-state index contributed by atoms with van der Waals surface area (Å²) >= 11 is 0. The van der Waals surface area contributed by atoms with E-state index in [9.17, 15) is 4.79 Å². The Morgan fingerprint density at radius 2 is 1.88 bits per heavy atom. The van der Waals surface area contributed by atoms with Gasteiger partial charge in [0.25, 0.3) is 0 Å². The normalized spacial score (nSPS) is 14.8. The largest absolute Gasteiger partial charge is 0.344 e. The lowest BCUT2D eigenvalue weighted by molar-refractivity contribution is -0.117. The molecule has 1 aliphatic heterocycles. The van der Waals surface area contributed by atoms with Gasteiger partial charge in [0.2, 0.25) is 5.91 Å². The topological polar surface area (TPSA) is 44.7 Å². The lowest BCUT2D eigenvalue weighted by Crippen LogP contribution is -2.25. The first-order chi connectivity index (χ1) is 12.5. The van der Waals surface area contributed by atoms with E-state index in [1.54, 1.807) is 18.0 Å². The van der Waals surface area contributed by atoms with Crippen molar-refractivity contribution in [3.05, 3.63) is 77.9 Å². The van der Waals surface area contributed by atoms with Gasteiger partial charge >= 0.3 is 0 Å². The highest BCUT2D eigenvalue weighted by Crippen LogP contribution is 2.35. The Labute approximate surface area is 154 Å². The van der Waals surface area contributed by atoms with E-state index in [2.05, 4.69) is 31.0 Å². The Balaban J connectivity index is 2.04. The number of allylic oxidation sites excluding steroid dienone is 1. The number of rotatable bonds is 3. The van der Waals surface area contributed by atoms with Crippen LogP contribution < -0.4 is 10.2 Å². The van der Waals surface area contributed by atoms with Gasteiger partial charge in [-0.15, -0.1) is 0 Å². The Morgan fingerprint density at radius 1 is 1.19 bits per heavy atom. The van der Waals surface area contributed by atoms with Gasteiger partial charge in [-0.1, -0.05) is 48.6 Å². The molecule has 1 heterocycles. The van der Waals surface area contributed by atoms with E-state index in [0.717, 1.165) is 34.0 Å². The van der Waals surface area contributed by atoms with Crippen molar-refractivity contribution in [2.75, 3.05) is 17.3 Å². The van der Waals surface area contributed by atoms with Gasteiger partial charge in [-0.05, 0) is 37.6 Å². The van der Waals surface area contributed by atoms with E-state index in [4.69, 9.17) is 4.99 Å². The second kappa shape index (κ2) is 7.40. The third kappa shape index (κ3) is 3.59. The summed E-state index contributed by atoms with van der Waals surface area (Å²) in [7, 11) is 1.80. The monoisotopic (exact) mass is 345 g/mol. The summed E-state index contributed by atoms with van der Waals surface area (Å²) in [5, 5.41) is 3.32. The number of para-hydroxylation sites is 1. The van der Waals surface area contributed by atoms with Crippen LogP contribution in [0.2, 0.25) is 0 Å². The highest BCUT2D eigenvalue weighted by molar-refractivity contribution is 6.04. The van der Waals surface area contributed by atoms with Crippen molar-refractivity contribution in [1.29, 1.82) is 0 Å². The van der Waals surface area contributed by atoms with Crippen LogP contribution in [0.4, 0.5) is 11.4 Å². The molecule has 1 aliphatic rings. The zero-order chi connectivity index (χ0) is 18.7. The smallest absolute Gasteiger partial charge is 0.231 e. The number of aliphatic imine (C=N–C) groups is 1. The number of hydrogen-bond donors (Lipinski definition) is 1. The number of amides is 1. The molecule has 3 rings (SSSR count). The maximum Gasteiger partial charge on any atom is 0.231 e. The van der Waals surface area contributed by atoms with Crippen molar-refractivity contribution in [2.45, 2.75) is 20.3 Å². The van der Waals surface area contributed by atoms with Gasteiger partial charge in [0.05, 0.1) is 17.8 Å². The molecule has 1 N–H and O–H groups in total. The zero-order valence-electron chi connectivity index (χ0n) is 15.4. The van der Waals surface area contributed by atoms with E-state index in [0.29, 0.717) is 0 Å². The minimum Gasteiger partial charge on any atom is -0.344 e. The first-order valence-electron chi connectivity index (χ1n) is 8.60. The van der Waals surface area contributed by atoms with Crippen LogP contribution >= 0.6 is 0 Å². The third-order valence-electron chi connectivity index (χ3n) is 4.44. The summed E-state index contributed by atoms with van der Waals surface area (Å²) in [6, 6.07) is 16.0. The van der Waals surface area contributed by atoms with Crippen LogP contribution in [0.25, 0.3) is 5.70 Å². The number of aryl methyl sites for hydroxylation is 1. The average Bonchev–Trinajstić information content (AvgIpc) is 2.74. The fourth-order valence-corrected chi connectivity index (χ4v) is 2.98. The molecule has 2 aromatic rings. The lowest BCUT2D eigenvalue weighted by atomic mass is 10.0. The number of nitrogens with zero attached hydrogens (tertiary/aromatic N) is 2. The van der Waals surface area contributed by atoms with Crippen molar-refractivity contribution >= 4 is 28.8 Å². The molecule has 0 radical (unpaired) electrons. The number of carbonyl (C=O) groups excluding carboxylic acids is 1. The predicted molar refractivity (Wildman–Crippen MR) is 109 cm³/mol. The molecule has 0 saturated heterocycles. The second-order valence-corrected chi connectivity index (χ2v) is 6.41. The van der Waals surface area contributed by atoms with Crippen molar-refractivity contribution in [2.24, 2.45) is 4.99 Å². The van der Waals surface area contributed by atoms with Gasteiger partial charge in [-0.3, -0.25) is 4.79 Å². The molecule has 2 aromatic carbocycles. The quantitative estimate of drug-likeness (QED) is 0.642. The first kappa shape index (κ1) is 17.7. The minimum atomic E-state index is 0.0293. The number of benzene rings is 2. The number of anilines is 2. The van der Waals surface area contributed by atoms with Gasteiger partial charge in [0, 0.05) is 18.3 Å². The zero-order valence-corrected chi connectivity index (χ0v) is 15.4. The van der Waals surface area contributed by atoms with Crippen molar-refractivity contribution in [3.63, 3.8) is 0 Å². The fraction of sp³-hybridized carbons (Fsp3) is 0.182. The molecule has 4 heteroatoms. The maximum absolute atomic E-state index is 12.5. The second-order valence-electron chi connectivity index (χ2n) is 6.41. The van der Waals surface area contributed by atoms with Crippen LogP contribution in [0.1, 0.15) is 24.5 Å². The summed E-state index contributed by atoms with van der Waals surface area (Å²) < 4.78 is 0. The SMILES string of the molecule is C=CC1=C(N=C(C)Nc2ccc(C)cc2)c2ccccc2N(C)C(=O)C1. The molecule has 4 nitrogen and oxygen atoms in total. The molecule has 1 amide bonds. The van der Waals surface area contributed by atoms with Crippen LogP contribution in [0.3, 0.4) is 0 Å². The average molecular weight is 345 g/mol. The Morgan fingerprint density at radius 3 is 2.58 bits per heavy atom. The molecule has 0 aromatic heterocycles. The van der Waals surface area contributed by atoms with Gasteiger partial charge < -0.3 is 10.2 Å². The van der Waals surface area contributed by atoms with Gasteiger partial charge in [-0.2, -0.15) is 0 Å². The minimum absolute atomic E-state index is 0.0293. The molecule has 0 unspecified atom stereocenters. The summed E-state index contributed by atoms with van der Waals surface area (Å²) in [5.41, 5.74) is 5.59. The van der Waals surface area contributed by atoms with E-state index < -0.39 is 0 Å². The predicted octanol–water partition coefficient (Wildman–Crippen LogP) is 4.79. The molecule has 0 aliphatic carbocycles. The maximum atomic E-state index is 12.5. The lowest BCUT2D eigenvalue weighted by Gasteiger charge is -2.17. The number of amidine groups is 1. The molecule has 0 spiro atoms. The van der Waals surface area contributed by atoms with E-state index in [1.807, 2.05) is 43.3 Å². The molecule has 26 heavy (non-hydrogen) atoms. The molecular formula is C22H23N3O. The highest BCUT2D eigenvalue weighted by Gasteiger charge is 2.23. The van der Waals surface area contributed by atoms with E-state index >= 15 is 0 Å². The number of hydrogen-bond acceptors (Lipinski definition) is 2. The van der Waals surface area contributed by atoms with E-state index in [-0.39, 0.29) is 12.3 Å². The fourth-order valence-electron chi connectivity index (χ4n) is 2.98. The third-order valence-corrected chi connectivity index (χ3v) is 4.44. The summed E-state index contributed by atoms with van der Waals surface area (Å²) in [4.78, 5) is 19.0. The number of nitrogens with one attached hydrogen (secondary N) is 1. The van der Waals surface area contributed by atoms with Crippen LogP contribution in [0, 0.1) is 6.92 Å². The van der Waals surface area contributed by atoms with Gasteiger partial charge in [0.1, 0.15) is 5.84 Å². The van der Waals surface area contributed by atoms with Crippen molar-refractivity contribution in [3.8, 4) is 0 Å². The molecule has 0 bridgehead atoms. The number of carbonyl (C=O) groups is 1. The molecule has 0 atom stereocenters. The first-order valence-corrected chi connectivity index (χ1v) is 8.60. The standard InChI is InChI=1S/C22H23N3O/c1-5-17-14-21(26)25(4)20-9-7-6-8-19(20)22(17)24-16(3)23-18-12-10-15(2)11-13-18/h5-13H,1,14H2,2-4H3,(H,23,24). The van der Waals surface area contributed by atoms with Crippen molar-refractivity contribution < 1.29 is 4.79 Å².